The van der Waals surface area contributed by atoms with E-state index >= 15 is 0 Å². The largest absolute Gasteiger partial charge is 0.394 e. The van der Waals surface area contributed by atoms with Crippen LogP contribution in [0.2, 0.25) is 0 Å². The van der Waals surface area contributed by atoms with E-state index in [0.29, 0.717) is 11.8 Å². The Hall–Kier alpha value is -4.31. The minimum atomic E-state index is -4.67. The fourth-order valence-corrected chi connectivity index (χ4v) is 11.1. The smallest absolute Gasteiger partial charge is 0.378 e. The number of rotatable bonds is 48. The van der Waals surface area contributed by atoms with E-state index in [2.05, 4.69) is 159 Å². The van der Waals surface area contributed by atoms with Crippen LogP contribution in [0.5, 0.6) is 0 Å². The van der Waals surface area contributed by atoms with Gasteiger partial charge in [-0.2, -0.15) is 8.42 Å². The van der Waals surface area contributed by atoms with Crippen molar-refractivity contribution < 1.29 is 17.5 Å². The number of aromatic nitrogens is 2. The molecule has 0 aliphatic heterocycles. The van der Waals surface area contributed by atoms with E-state index in [4.69, 9.17) is 17.5 Å². The summed E-state index contributed by atoms with van der Waals surface area (Å²) >= 11 is 0. The fourth-order valence-electron chi connectivity index (χ4n) is 11.1. The van der Waals surface area contributed by atoms with Gasteiger partial charge < -0.3 is 9.80 Å². The van der Waals surface area contributed by atoms with Crippen LogP contribution >= 0.6 is 0 Å². The third-order valence-corrected chi connectivity index (χ3v) is 16.4. The lowest BCUT2D eigenvalue weighted by Crippen LogP contribution is -2.07. The van der Waals surface area contributed by atoms with E-state index in [1.165, 1.54) is 290 Å². The summed E-state index contributed by atoms with van der Waals surface area (Å²) in [5, 5.41) is 0. The minimum absolute atomic E-state index is 0.465. The first-order valence-electron chi connectivity index (χ1n) is 33.8. The van der Waals surface area contributed by atoms with Crippen molar-refractivity contribution >= 4 is 33.9 Å². The maximum absolute atomic E-state index is 8.74. The van der Waals surface area contributed by atoms with Crippen LogP contribution in [-0.2, 0) is 10.4 Å². The molecule has 83 heavy (non-hydrogen) atoms. The van der Waals surface area contributed by atoms with Gasteiger partial charge in [-0.15, -0.1) is 0 Å². The van der Waals surface area contributed by atoms with E-state index in [1.54, 1.807) is 0 Å². The van der Waals surface area contributed by atoms with Crippen LogP contribution in [0, 0.1) is 0 Å². The highest BCUT2D eigenvalue weighted by molar-refractivity contribution is 7.79. The molecule has 2 unspecified atom stereocenters. The van der Waals surface area contributed by atoms with Gasteiger partial charge in [0.05, 0.1) is 0 Å². The number of hydrogen-bond acceptors (Lipinski definition) is 6. The molecule has 2 aromatic carbocycles. The molecular weight excluding hydrogens is 1040 g/mol. The van der Waals surface area contributed by atoms with Crippen molar-refractivity contribution in [2.45, 2.75) is 283 Å². The van der Waals surface area contributed by atoms with Gasteiger partial charge in [-0.25, -0.2) is 0 Å². The Balaban J connectivity index is 0.000000523. The van der Waals surface area contributed by atoms with Crippen molar-refractivity contribution in [1.82, 2.24) is 9.97 Å². The minimum Gasteiger partial charge on any atom is -0.378 e. The van der Waals surface area contributed by atoms with Gasteiger partial charge in [0.25, 0.3) is 0 Å². The third kappa shape index (κ3) is 44.8. The molecule has 468 valence electrons. The molecule has 0 saturated heterocycles. The van der Waals surface area contributed by atoms with Crippen molar-refractivity contribution in [2.24, 2.45) is 0 Å². The Kier molecular flexibility index (Phi) is 46.9. The summed E-state index contributed by atoms with van der Waals surface area (Å²) in [5.41, 5.74) is 7.79. The molecule has 0 bridgehead atoms. The quantitative estimate of drug-likeness (QED) is 0.0333. The summed E-state index contributed by atoms with van der Waals surface area (Å²) in [6.45, 7) is 4.60. The van der Waals surface area contributed by atoms with E-state index in [-0.39, 0.29) is 0 Å². The Morgan fingerprint density at radius 1 is 0.349 bits per heavy atom. The SMILES string of the molecule is CCCCCCCCCCCCCCCCCCCCCC(/C=C/c1ccc(N(C)C)cc1)c1ccncc1.CCCCCCCCCCCCCCCCCCCCCC(/C=C/c1ccc(N(C)C)cc1)c1ccncc1.O=S(=O)(O)O. The molecular formula is C74H122N4O4S. The van der Waals surface area contributed by atoms with E-state index in [9.17, 15) is 0 Å². The van der Waals surface area contributed by atoms with Gasteiger partial charge in [-0.3, -0.25) is 19.1 Å². The van der Waals surface area contributed by atoms with Gasteiger partial charge in [0.2, 0.25) is 0 Å². The first-order chi connectivity index (χ1) is 40.4. The highest BCUT2D eigenvalue weighted by Gasteiger charge is 2.10. The van der Waals surface area contributed by atoms with Crippen LogP contribution in [0.3, 0.4) is 0 Å². The van der Waals surface area contributed by atoms with Gasteiger partial charge in [0.15, 0.2) is 0 Å². The number of pyridine rings is 2. The van der Waals surface area contributed by atoms with Gasteiger partial charge in [-0.1, -0.05) is 306 Å². The summed E-state index contributed by atoms with van der Waals surface area (Å²) in [5.74, 6) is 0.930. The molecule has 2 atom stereocenters. The van der Waals surface area contributed by atoms with E-state index in [1.807, 2.05) is 24.8 Å². The molecule has 0 radical (unpaired) electrons. The zero-order valence-corrected chi connectivity index (χ0v) is 54.7. The first-order valence-corrected chi connectivity index (χ1v) is 35.2. The summed E-state index contributed by atoms with van der Waals surface area (Å²) in [6, 6.07) is 26.4. The van der Waals surface area contributed by atoms with Crippen LogP contribution in [-0.4, -0.2) is 55.7 Å². The lowest BCUT2D eigenvalue weighted by atomic mass is 9.92. The molecule has 0 spiro atoms. The normalized spacial score (nSPS) is 12.2. The Morgan fingerprint density at radius 3 is 0.759 bits per heavy atom. The lowest BCUT2D eigenvalue weighted by molar-refractivity contribution is 0.381. The summed E-state index contributed by atoms with van der Waals surface area (Å²) in [7, 11) is 3.68. The molecule has 0 aliphatic carbocycles. The summed E-state index contributed by atoms with van der Waals surface area (Å²) < 4.78 is 31.6. The van der Waals surface area contributed by atoms with Crippen molar-refractivity contribution in [1.29, 1.82) is 0 Å². The molecule has 4 rings (SSSR count). The zero-order valence-electron chi connectivity index (χ0n) is 53.9. The van der Waals surface area contributed by atoms with E-state index < -0.39 is 10.4 Å². The average Bonchev–Trinajstić information content (AvgIpc) is 3.57. The van der Waals surface area contributed by atoms with Crippen molar-refractivity contribution in [3.8, 4) is 0 Å². The Morgan fingerprint density at radius 2 is 0.554 bits per heavy atom. The number of hydrogen-bond donors (Lipinski definition) is 2. The predicted molar refractivity (Wildman–Crippen MR) is 364 cm³/mol. The molecule has 2 heterocycles. The fraction of sp³-hybridized carbons (Fsp3) is 0.649. The Bertz CT molecular complexity index is 2050. The first kappa shape index (κ1) is 74.8. The maximum atomic E-state index is 8.74. The molecule has 9 heteroatoms. The molecule has 0 saturated carbocycles. The molecule has 0 fully saturated rings. The molecule has 0 aliphatic rings. The average molecular weight is 1160 g/mol. The second-order valence-electron chi connectivity index (χ2n) is 24.2. The van der Waals surface area contributed by atoms with E-state index in [0.717, 1.165) is 0 Å². The van der Waals surface area contributed by atoms with Crippen LogP contribution < -0.4 is 9.80 Å². The van der Waals surface area contributed by atoms with Gasteiger partial charge >= 0.3 is 10.4 Å². The maximum Gasteiger partial charge on any atom is 0.394 e. The summed E-state index contributed by atoms with van der Waals surface area (Å²) in [6.07, 6.45) is 73.9. The van der Waals surface area contributed by atoms with Crippen LogP contribution in [0.1, 0.15) is 305 Å². The number of benzene rings is 2. The molecule has 2 N–H and O–H groups in total. The molecule has 8 nitrogen and oxygen atoms in total. The highest BCUT2D eigenvalue weighted by Crippen LogP contribution is 2.28. The second kappa shape index (κ2) is 52.1. The second-order valence-corrected chi connectivity index (χ2v) is 25.1. The third-order valence-electron chi connectivity index (χ3n) is 16.4. The molecule has 0 amide bonds. The van der Waals surface area contributed by atoms with Gasteiger partial charge in [0.1, 0.15) is 0 Å². The lowest BCUT2D eigenvalue weighted by Gasteiger charge is -2.14. The predicted octanol–water partition coefficient (Wildman–Crippen LogP) is 22.9. The monoisotopic (exact) mass is 1160 g/mol. The van der Waals surface area contributed by atoms with Crippen LogP contribution in [0.15, 0.2) is 110 Å². The zero-order chi connectivity index (χ0) is 60.1. The standard InChI is InChI=1S/2C37H60N2.H2O4S/c2*1-4-5-6-7-8-9-10-11-12-13-14-15-16-17-18-19-20-21-22-23-35(36-30-32-38-33-31-36)27-24-34-25-28-37(29-26-34)39(2)3;1-5(2,3)4/h2*24-33,35H,4-23H2,1-3H3;(H2,1,2,3,4)/b2*27-24+;. The van der Waals surface area contributed by atoms with Gasteiger partial charge in [-0.05, 0) is 83.6 Å². The van der Waals surface area contributed by atoms with Crippen LogP contribution in [0.4, 0.5) is 11.4 Å². The number of anilines is 2. The molecule has 4 aromatic rings. The van der Waals surface area contributed by atoms with Gasteiger partial charge in [0, 0.05) is 76.2 Å². The Labute approximate surface area is 511 Å². The number of allylic oxidation sites excluding steroid dienone is 2. The molecule has 2 aromatic heterocycles. The van der Waals surface area contributed by atoms with Crippen molar-refractivity contribution in [2.75, 3.05) is 38.0 Å². The van der Waals surface area contributed by atoms with Crippen LogP contribution in [0.25, 0.3) is 12.2 Å². The topological polar surface area (TPSA) is 107 Å². The van der Waals surface area contributed by atoms with Crippen molar-refractivity contribution in [3.63, 3.8) is 0 Å². The number of unbranched alkanes of at least 4 members (excludes halogenated alkanes) is 36. The highest BCUT2D eigenvalue weighted by atomic mass is 32.3. The van der Waals surface area contributed by atoms with Crippen molar-refractivity contribution in [3.05, 3.63) is 132 Å². The number of nitrogens with zero attached hydrogens (tertiary/aromatic N) is 4. The summed E-state index contributed by atoms with van der Waals surface area (Å²) in [4.78, 5) is 12.8.